The van der Waals surface area contributed by atoms with E-state index in [1.54, 1.807) is 0 Å². The molecule has 0 aromatic heterocycles. The van der Waals surface area contributed by atoms with Crippen LogP contribution in [0, 0.1) is 15.9 Å². The van der Waals surface area contributed by atoms with Crippen LogP contribution in [0.1, 0.15) is 12.5 Å². The second-order valence-corrected chi connectivity index (χ2v) is 5.65. The molecule has 0 atom stereocenters. The zero-order valence-corrected chi connectivity index (χ0v) is 16.1. The van der Waals surface area contributed by atoms with Crippen molar-refractivity contribution in [3.8, 4) is 0 Å². The molecule has 0 saturated carbocycles. The molecule has 0 saturated heterocycles. The Morgan fingerprint density at radius 1 is 1.26 bits per heavy atom. The summed E-state index contributed by atoms with van der Waals surface area (Å²) in [5.41, 5.74) is 1.49. The minimum atomic E-state index is -1.21. The van der Waals surface area contributed by atoms with Gasteiger partial charge in [-0.3, -0.25) is 14.9 Å². The minimum Gasteiger partial charge on any atom is -0.500 e. The van der Waals surface area contributed by atoms with Crippen LogP contribution in [0.3, 0.4) is 0 Å². The molecule has 0 aliphatic carbocycles. The van der Waals surface area contributed by atoms with Gasteiger partial charge in [0, 0.05) is 17.7 Å². The molecule has 0 spiro atoms. The Balaban J connectivity index is 2.24. The van der Waals surface area contributed by atoms with E-state index in [2.05, 4.69) is 20.1 Å². The smallest absolute Gasteiger partial charge is 0.376 e. The molecule has 31 heavy (non-hydrogen) atoms. The number of aliphatic hydroxyl groups is 1. The van der Waals surface area contributed by atoms with Crippen molar-refractivity contribution in [1.29, 1.82) is 0 Å². The number of amides is 1. The van der Waals surface area contributed by atoms with Gasteiger partial charge in [0.05, 0.1) is 23.4 Å². The summed E-state index contributed by atoms with van der Waals surface area (Å²) in [6.45, 7) is 1.42. The van der Waals surface area contributed by atoms with Gasteiger partial charge in [0.2, 0.25) is 11.5 Å². The molecule has 2 aromatic carbocycles. The number of halogens is 1. The van der Waals surface area contributed by atoms with Crippen molar-refractivity contribution >= 4 is 29.5 Å². The van der Waals surface area contributed by atoms with Crippen molar-refractivity contribution in [2.75, 3.05) is 6.61 Å². The van der Waals surface area contributed by atoms with E-state index >= 15 is 0 Å². The van der Waals surface area contributed by atoms with E-state index in [0.29, 0.717) is 5.56 Å². The van der Waals surface area contributed by atoms with Gasteiger partial charge in [0.25, 0.3) is 11.6 Å². The summed E-state index contributed by atoms with van der Waals surface area (Å²) in [4.78, 5) is 34.3. The largest absolute Gasteiger partial charge is 0.500 e. The maximum Gasteiger partial charge on any atom is 0.376 e. The van der Waals surface area contributed by atoms with Gasteiger partial charge >= 0.3 is 5.97 Å². The summed E-state index contributed by atoms with van der Waals surface area (Å²) in [5, 5.41) is 31.7. The second-order valence-electron chi connectivity index (χ2n) is 5.65. The van der Waals surface area contributed by atoms with Crippen LogP contribution in [-0.2, 0) is 14.3 Å². The van der Waals surface area contributed by atoms with E-state index in [1.807, 2.05) is 5.43 Å². The van der Waals surface area contributed by atoms with Crippen LogP contribution in [-0.4, -0.2) is 34.7 Å². The lowest BCUT2D eigenvalue weighted by Gasteiger charge is -2.04. The minimum absolute atomic E-state index is 0.0716. The number of carbonyl (C=O) groups excluding carboxylic acids is 2. The number of carbonyl (C=O) groups is 2. The van der Waals surface area contributed by atoms with Crippen molar-refractivity contribution in [1.82, 2.24) is 5.43 Å². The lowest BCUT2D eigenvalue weighted by molar-refractivity contribution is -0.384. The maximum atomic E-state index is 13.0. The van der Waals surface area contributed by atoms with Crippen molar-refractivity contribution in [2.24, 2.45) is 15.3 Å². The standard InChI is InChI=1S/C19H16FN5O6/c1-2-31-19(28)17(26)16(23-22-14-8-6-13(20)7-9-14)18(27)24-21-11-12-4-3-5-15(10-12)25(29)30/h3-11,26H,2H2,1H3,(H,24,27)/b17-16-,21-11+,23-22?. The Morgan fingerprint density at radius 3 is 2.61 bits per heavy atom. The number of benzene rings is 2. The van der Waals surface area contributed by atoms with Gasteiger partial charge < -0.3 is 9.84 Å². The monoisotopic (exact) mass is 429 g/mol. The molecular weight excluding hydrogens is 413 g/mol. The summed E-state index contributed by atoms with van der Waals surface area (Å²) in [5.74, 6) is -3.96. The number of nitrogens with zero attached hydrogens (tertiary/aromatic N) is 4. The highest BCUT2D eigenvalue weighted by molar-refractivity contribution is 6.01. The maximum absolute atomic E-state index is 13.0. The third kappa shape index (κ3) is 6.81. The van der Waals surface area contributed by atoms with Crippen molar-refractivity contribution in [3.63, 3.8) is 0 Å². The van der Waals surface area contributed by atoms with Crippen molar-refractivity contribution in [3.05, 3.63) is 81.5 Å². The number of hydrogen-bond acceptors (Lipinski definition) is 9. The first-order valence-electron chi connectivity index (χ1n) is 8.67. The van der Waals surface area contributed by atoms with Crippen LogP contribution in [0.2, 0.25) is 0 Å². The molecule has 2 rings (SSSR count). The first-order valence-corrected chi connectivity index (χ1v) is 8.67. The van der Waals surface area contributed by atoms with Gasteiger partial charge in [0.15, 0.2) is 0 Å². The van der Waals surface area contributed by atoms with Gasteiger partial charge in [-0.05, 0) is 31.2 Å². The molecular formula is C19H16FN5O6. The number of rotatable bonds is 8. The number of hydrogen-bond donors (Lipinski definition) is 2. The zero-order valence-electron chi connectivity index (χ0n) is 16.1. The molecule has 2 N–H and O–H groups in total. The fraction of sp³-hybridized carbons (Fsp3) is 0.105. The predicted octanol–water partition coefficient (Wildman–Crippen LogP) is 3.30. The fourth-order valence-corrected chi connectivity index (χ4v) is 2.05. The average molecular weight is 429 g/mol. The van der Waals surface area contributed by atoms with Gasteiger partial charge in [-0.2, -0.15) is 10.2 Å². The number of aliphatic hydroxyl groups excluding tert-OH is 1. The highest BCUT2D eigenvalue weighted by atomic mass is 19.1. The summed E-state index contributed by atoms with van der Waals surface area (Å²) in [7, 11) is 0. The lowest BCUT2D eigenvalue weighted by atomic mass is 10.2. The number of azo groups is 1. The van der Waals surface area contributed by atoms with Gasteiger partial charge in [-0.25, -0.2) is 14.6 Å². The Labute approximate surface area is 174 Å². The van der Waals surface area contributed by atoms with Crippen LogP contribution in [0.5, 0.6) is 0 Å². The van der Waals surface area contributed by atoms with Crippen LogP contribution in [0.15, 0.2) is 75.3 Å². The number of esters is 1. The second kappa shape index (κ2) is 10.9. The number of non-ortho nitro benzene ring substituents is 1. The molecule has 0 aliphatic rings. The first-order chi connectivity index (χ1) is 14.8. The van der Waals surface area contributed by atoms with Gasteiger partial charge in [-0.15, -0.1) is 5.11 Å². The number of nitro groups is 1. The molecule has 2 aromatic rings. The molecule has 0 radical (unpaired) electrons. The van der Waals surface area contributed by atoms with Crippen molar-refractivity contribution < 1.29 is 28.7 Å². The van der Waals surface area contributed by atoms with Crippen LogP contribution in [0.25, 0.3) is 0 Å². The predicted molar refractivity (Wildman–Crippen MR) is 106 cm³/mol. The molecule has 160 valence electrons. The average Bonchev–Trinajstić information content (AvgIpc) is 2.75. The normalized spacial score (nSPS) is 11.9. The van der Waals surface area contributed by atoms with E-state index < -0.39 is 34.1 Å². The molecule has 11 nitrogen and oxygen atoms in total. The van der Waals surface area contributed by atoms with Crippen molar-refractivity contribution in [2.45, 2.75) is 6.92 Å². The SMILES string of the molecule is CCOC(=O)/C(O)=C(/N=Nc1ccc(F)cc1)C(=O)N/N=C/c1cccc([N+](=O)[O-])c1. The molecule has 0 aliphatic heterocycles. The lowest BCUT2D eigenvalue weighted by Crippen LogP contribution is -2.22. The highest BCUT2D eigenvalue weighted by Gasteiger charge is 2.22. The topological polar surface area (TPSA) is 156 Å². The van der Waals surface area contributed by atoms with E-state index in [-0.39, 0.29) is 18.0 Å². The first kappa shape index (κ1) is 22.8. The molecule has 0 bridgehead atoms. The Bertz CT molecular complexity index is 1070. The molecule has 0 heterocycles. The Hall–Kier alpha value is -4.48. The van der Waals surface area contributed by atoms with E-state index in [4.69, 9.17) is 0 Å². The third-order valence-corrected chi connectivity index (χ3v) is 3.46. The molecule has 0 fully saturated rings. The molecule has 1 amide bonds. The van der Waals surface area contributed by atoms with E-state index in [0.717, 1.165) is 18.3 Å². The summed E-state index contributed by atoms with van der Waals surface area (Å²) < 4.78 is 17.6. The zero-order chi connectivity index (χ0) is 22.8. The number of nitrogens with one attached hydrogen (secondary N) is 1. The highest BCUT2D eigenvalue weighted by Crippen LogP contribution is 2.16. The quantitative estimate of drug-likeness (QED) is 0.125. The van der Waals surface area contributed by atoms with Gasteiger partial charge in [0.1, 0.15) is 5.82 Å². The number of hydrazone groups is 1. The van der Waals surface area contributed by atoms with Crippen LogP contribution < -0.4 is 5.43 Å². The molecule has 0 unspecified atom stereocenters. The van der Waals surface area contributed by atoms with Crippen LogP contribution >= 0.6 is 0 Å². The Morgan fingerprint density at radius 2 is 1.97 bits per heavy atom. The van der Waals surface area contributed by atoms with Crippen LogP contribution in [0.4, 0.5) is 15.8 Å². The van der Waals surface area contributed by atoms with Gasteiger partial charge in [-0.1, -0.05) is 12.1 Å². The number of ether oxygens (including phenoxy) is 1. The summed E-state index contributed by atoms with van der Waals surface area (Å²) in [6, 6.07) is 10.2. The summed E-state index contributed by atoms with van der Waals surface area (Å²) in [6.07, 6.45) is 1.11. The Kier molecular flexibility index (Phi) is 8.02. The van der Waals surface area contributed by atoms with E-state index in [1.165, 1.54) is 43.3 Å². The number of nitro benzene ring substituents is 1. The summed E-state index contributed by atoms with van der Waals surface area (Å²) >= 11 is 0. The third-order valence-electron chi connectivity index (χ3n) is 3.46. The fourth-order valence-electron chi connectivity index (χ4n) is 2.05. The molecule has 12 heteroatoms. The van der Waals surface area contributed by atoms with E-state index in [9.17, 15) is 29.2 Å².